The lowest BCUT2D eigenvalue weighted by Gasteiger charge is -2.35. The van der Waals surface area contributed by atoms with Gasteiger partial charge < -0.3 is 5.73 Å². The number of likely N-dealkylation sites (tertiary alicyclic amines) is 1. The predicted octanol–water partition coefficient (Wildman–Crippen LogP) is 2.60. The molecule has 98 valence electrons. The fourth-order valence-electron chi connectivity index (χ4n) is 2.55. The lowest BCUT2D eigenvalue weighted by molar-refractivity contribution is -0.123. The summed E-state index contributed by atoms with van der Waals surface area (Å²) in [6, 6.07) is 8.29. The number of hydrogen-bond acceptors (Lipinski definition) is 2. The number of nitrogens with zero attached hydrogens (tertiary/aromatic N) is 1. The summed E-state index contributed by atoms with van der Waals surface area (Å²) in [5.41, 5.74) is 6.57. The van der Waals surface area contributed by atoms with Crippen molar-refractivity contribution in [2.45, 2.75) is 25.8 Å². The van der Waals surface area contributed by atoms with Crippen molar-refractivity contribution in [3.05, 3.63) is 34.9 Å². The first kappa shape index (κ1) is 13.4. The van der Waals surface area contributed by atoms with Gasteiger partial charge in [0, 0.05) is 17.0 Å². The van der Waals surface area contributed by atoms with E-state index in [9.17, 15) is 4.79 Å². The number of carbonyl (C=O) groups is 1. The molecule has 1 aliphatic rings. The van der Waals surface area contributed by atoms with E-state index in [4.69, 9.17) is 17.3 Å². The molecule has 1 unspecified atom stereocenters. The molecule has 1 aromatic rings. The van der Waals surface area contributed by atoms with Gasteiger partial charge in [-0.2, -0.15) is 0 Å². The molecule has 1 aromatic carbocycles. The molecule has 0 spiro atoms. The van der Waals surface area contributed by atoms with Crippen LogP contribution in [0.5, 0.6) is 0 Å². The van der Waals surface area contributed by atoms with Gasteiger partial charge in [0.15, 0.2) is 0 Å². The van der Waals surface area contributed by atoms with E-state index in [1.807, 2.05) is 18.2 Å². The Labute approximate surface area is 113 Å². The fraction of sp³-hybridized carbons (Fsp3) is 0.500. The lowest BCUT2D eigenvalue weighted by Crippen LogP contribution is -2.39. The molecule has 2 N–H and O–H groups in total. The molecule has 0 bridgehead atoms. The Balaban J connectivity index is 1.99. The number of piperidine rings is 1. The Bertz CT molecular complexity index is 428. The van der Waals surface area contributed by atoms with E-state index in [1.54, 1.807) is 0 Å². The van der Waals surface area contributed by atoms with Crippen LogP contribution in [0.1, 0.15) is 31.4 Å². The number of rotatable bonds is 3. The highest BCUT2D eigenvalue weighted by Crippen LogP contribution is 2.27. The van der Waals surface area contributed by atoms with Crippen LogP contribution in [0.2, 0.25) is 5.02 Å². The van der Waals surface area contributed by atoms with E-state index in [2.05, 4.69) is 17.9 Å². The molecule has 1 aliphatic heterocycles. The molecule has 0 aromatic heterocycles. The molecule has 1 heterocycles. The molecule has 1 amide bonds. The number of halogens is 1. The number of primary amides is 1. The van der Waals surface area contributed by atoms with Gasteiger partial charge in [-0.25, -0.2) is 0 Å². The third-order valence-electron chi connectivity index (χ3n) is 3.81. The molecule has 0 aliphatic carbocycles. The average molecular weight is 267 g/mol. The summed E-state index contributed by atoms with van der Waals surface area (Å²) in [4.78, 5) is 13.5. The first-order valence-electron chi connectivity index (χ1n) is 6.37. The second kappa shape index (κ2) is 5.72. The van der Waals surface area contributed by atoms with Crippen LogP contribution < -0.4 is 5.73 Å². The normalized spacial score (nSPS) is 19.7. The minimum absolute atomic E-state index is 0.0489. The molecule has 1 atom stereocenters. The van der Waals surface area contributed by atoms with Crippen molar-refractivity contribution >= 4 is 17.5 Å². The van der Waals surface area contributed by atoms with Crippen LogP contribution >= 0.6 is 11.6 Å². The zero-order chi connectivity index (χ0) is 13.1. The van der Waals surface area contributed by atoms with Crippen molar-refractivity contribution in [3.63, 3.8) is 0 Å². The monoisotopic (exact) mass is 266 g/mol. The third kappa shape index (κ3) is 3.03. The summed E-state index contributed by atoms with van der Waals surface area (Å²) in [6.07, 6.45) is 1.72. The zero-order valence-corrected chi connectivity index (χ0v) is 11.4. The highest BCUT2D eigenvalue weighted by Gasteiger charge is 2.26. The van der Waals surface area contributed by atoms with Gasteiger partial charge in [0.1, 0.15) is 0 Å². The molecule has 0 saturated carbocycles. The van der Waals surface area contributed by atoms with Gasteiger partial charge in [-0.1, -0.05) is 23.7 Å². The second-order valence-electron chi connectivity index (χ2n) is 4.94. The summed E-state index contributed by atoms with van der Waals surface area (Å²) >= 11 is 6.01. The van der Waals surface area contributed by atoms with E-state index < -0.39 is 0 Å². The van der Waals surface area contributed by atoms with Crippen LogP contribution in [0, 0.1) is 5.92 Å². The predicted molar refractivity (Wildman–Crippen MR) is 73.4 cm³/mol. The largest absolute Gasteiger partial charge is 0.369 e. The van der Waals surface area contributed by atoms with E-state index in [0.717, 1.165) is 31.0 Å². The summed E-state index contributed by atoms with van der Waals surface area (Å²) in [5.74, 6) is -0.113. The van der Waals surface area contributed by atoms with Crippen molar-refractivity contribution in [1.29, 1.82) is 0 Å². The molecule has 18 heavy (non-hydrogen) atoms. The Morgan fingerprint density at radius 3 is 2.67 bits per heavy atom. The van der Waals surface area contributed by atoms with Crippen LogP contribution in [-0.2, 0) is 4.79 Å². The van der Waals surface area contributed by atoms with E-state index in [1.165, 1.54) is 5.56 Å². The Morgan fingerprint density at radius 1 is 1.44 bits per heavy atom. The number of hydrogen-bond donors (Lipinski definition) is 1. The molecular formula is C14H19ClN2O. The first-order valence-corrected chi connectivity index (χ1v) is 6.74. The van der Waals surface area contributed by atoms with Crippen molar-refractivity contribution < 1.29 is 4.79 Å². The SMILES string of the molecule is CC(c1cccc(Cl)c1)N1CCC(C(N)=O)CC1. The Hall–Kier alpha value is -1.06. The highest BCUT2D eigenvalue weighted by atomic mass is 35.5. The number of carbonyl (C=O) groups excluding carboxylic acids is 1. The van der Waals surface area contributed by atoms with Crippen LogP contribution in [0.25, 0.3) is 0 Å². The maximum Gasteiger partial charge on any atom is 0.220 e. The van der Waals surface area contributed by atoms with Gasteiger partial charge in [-0.15, -0.1) is 0 Å². The first-order chi connectivity index (χ1) is 8.58. The molecular weight excluding hydrogens is 248 g/mol. The van der Waals surface area contributed by atoms with Crippen molar-refractivity contribution in [2.24, 2.45) is 11.7 Å². The van der Waals surface area contributed by atoms with Crippen molar-refractivity contribution in [1.82, 2.24) is 4.90 Å². The molecule has 3 nitrogen and oxygen atoms in total. The zero-order valence-electron chi connectivity index (χ0n) is 10.6. The van der Waals surface area contributed by atoms with Crippen LogP contribution in [-0.4, -0.2) is 23.9 Å². The number of nitrogens with two attached hydrogens (primary N) is 1. The smallest absolute Gasteiger partial charge is 0.220 e. The van der Waals surface area contributed by atoms with E-state index in [0.29, 0.717) is 6.04 Å². The van der Waals surface area contributed by atoms with Crippen molar-refractivity contribution in [2.75, 3.05) is 13.1 Å². The fourth-order valence-corrected chi connectivity index (χ4v) is 2.75. The molecule has 1 saturated heterocycles. The maximum absolute atomic E-state index is 11.1. The summed E-state index contributed by atoms with van der Waals surface area (Å²) in [7, 11) is 0. The van der Waals surface area contributed by atoms with Gasteiger partial charge >= 0.3 is 0 Å². The van der Waals surface area contributed by atoms with Crippen LogP contribution in [0.15, 0.2) is 24.3 Å². The summed E-state index contributed by atoms with van der Waals surface area (Å²) in [5, 5.41) is 0.770. The standard InChI is InChI=1S/C14H19ClN2O/c1-10(12-3-2-4-13(15)9-12)17-7-5-11(6-8-17)14(16)18/h2-4,9-11H,5-8H2,1H3,(H2,16,18). The van der Waals surface area contributed by atoms with Gasteiger partial charge in [0.05, 0.1) is 0 Å². The summed E-state index contributed by atoms with van der Waals surface area (Å²) in [6.45, 7) is 4.01. The summed E-state index contributed by atoms with van der Waals surface area (Å²) < 4.78 is 0. The average Bonchev–Trinajstić information content (AvgIpc) is 2.38. The minimum Gasteiger partial charge on any atom is -0.369 e. The van der Waals surface area contributed by atoms with Crippen molar-refractivity contribution in [3.8, 4) is 0 Å². The van der Waals surface area contributed by atoms with E-state index >= 15 is 0 Å². The highest BCUT2D eigenvalue weighted by molar-refractivity contribution is 6.30. The second-order valence-corrected chi connectivity index (χ2v) is 5.38. The number of amides is 1. The number of benzene rings is 1. The molecule has 1 fully saturated rings. The molecule has 2 rings (SSSR count). The quantitative estimate of drug-likeness (QED) is 0.914. The van der Waals surface area contributed by atoms with Gasteiger partial charge in [0.2, 0.25) is 5.91 Å². The Kier molecular flexibility index (Phi) is 4.25. The van der Waals surface area contributed by atoms with Gasteiger partial charge in [-0.05, 0) is 50.6 Å². The molecule has 4 heteroatoms. The van der Waals surface area contributed by atoms with Crippen LogP contribution in [0.4, 0.5) is 0 Å². The van der Waals surface area contributed by atoms with Gasteiger partial charge in [0.25, 0.3) is 0 Å². The lowest BCUT2D eigenvalue weighted by atomic mass is 9.94. The topological polar surface area (TPSA) is 46.3 Å². The minimum atomic E-state index is -0.162. The Morgan fingerprint density at radius 2 is 2.11 bits per heavy atom. The van der Waals surface area contributed by atoms with Gasteiger partial charge in [-0.3, -0.25) is 9.69 Å². The van der Waals surface area contributed by atoms with E-state index in [-0.39, 0.29) is 11.8 Å². The maximum atomic E-state index is 11.1. The van der Waals surface area contributed by atoms with Crippen LogP contribution in [0.3, 0.4) is 0 Å². The molecule has 0 radical (unpaired) electrons. The third-order valence-corrected chi connectivity index (χ3v) is 4.05.